The van der Waals surface area contributed by atoms with Crippen molar-refractivity contribution < 1.29 is 4.74 Å². The zero-order valence-electron chi connectivity index (χ0n) is 31.9. The lowest BCUT2D eigenvalue weighted by Crippen LogP contribution is -2.34. The van der Waals surface area contributed by atoms with Gasteiger partial charge in [0.15, 0.2) is 0 Å². The fourth-order valence-electron chi connectivity index (χ4n) is 10.0. The van der Waals surface area contributed by atoms with Crippen LogP contribution in [0, 0.1) is 0 Å². The fourth-order valence-corrected chi connectivity index (χ4v) is 10.0. The summed E-state index contributed by atoms with van der Waals surface area (Å²) in [4.78, 5) is 2.46. The fraction of sp³-hybridized carbons (Fsp3) is 0.0357. The monoisotopic (exact) mass is 741 g/mol. The van der Waals surface area contributed by atoms with Crippen molar-refractivity contribution in [1.29, 1.82) is 0 Å². The van der Waals surface area contributed by atoms with E-state index in [4.69, 9.17) is 4.74 Å². The predicted octanol–water partition coefficient (Wildman–Crippen LogP) is 14.0. The molecule has 0 aromatic heterocycles. The van der Waals surface area contributed by atoms with Gasteiger partial charge in [0.1, 0.15) is 11.5 Å². The quantitative estimate of drug-likeness (QED) is 0.161. The molecule has 0 spiro atoms. The molecule has 9 aromatic carbocycles. The Morgan fingerprint density at radius 2 is 0.707 bits per heavy atom. The molecule has 2 heteroatoms. The van der Waals surface area contributed by atoms with E-state index in [1.807, 2.05) is 0 Å². The highest BCUT2D eigenvalue weighted by atomic mass is 16.5. The molecule has 2 aliphatic rings. The van der Waals surface area contributed by atoms with Crippen molar-refractivity contribution in [1.82, 2.24) is 0 Å². The molecule has 0 fully saturated rings. The number of para-hydroxylation sites is 4. The van der Waals surface area contributed by atoms with Crippen LogP contribution in [0.2, 0.25) is 0 Å². The SMILES string of the molecule is c1ccc(N(c2cccc(C3(c4ccccc4)c4ccccc4Oc4ccccc43)c2)c2ccccc2C2(c3ccccc3)c3ccccc3-c3ccccc32)cc1. The van der Waals surface area contributed by atoms with Gasteiger partial charge in [-0.1, -0.05) is 194 Å². The van der Waals surface area contributed by atoms with Crippen LogP contribution in [0.15, 0.2) is 237 Å². The predicted molar refractivity (Wildman–Crippen MR) is 237 cm³/mol. The third kappa shape index (κ3) is 4.92. The molecule has 274 valence electrons. The number of ether oxygens (including phenoxy) is 1. The van der Waals surface area contributed by atoms with E-state index in [9.17, 15) is 0 Å². The molecule has 0 unspecified atom stereocenters. The van der Waals surface area contributed by atoms with Crippen LogP contribution in [0.4, 0.5) is 17.1 Å². The first kappa shape index (κ1) is 33.9. The number of benzene rings is 9. The molecule has 1 aliphatic heterocycles. The van der Waals surface area contributed by atoms with Gasteiger partial charge < -0.3 is 9.64 Å². The second-order valence-electron chi connectivity index (χ2n) is 15.2. The molecule has 58 heavy (non-hydrogen) atoms. The second-order valence-corrected chi connectivity index (χ2v) is 15.2. The van der Waals surface area contributed by atoms with Gasteiger partial charge in [-0.15, -0.1) is 0 Å². The van der Waals surface area contributed by atoms with Gasteiger partial charge in [0.05, 0.1) is 16.5 Å². The normalized spacial score (nSPS) is 13.9. The Kier molecular flexibility index (Phi) is 7.97. The minimum absolute atomic E-state index is 0.584. The average molecular weight is 742 g/mol. The Labute approximate surface area is 339 Å². The van der Waals surface area contributed by atoms with E-state index in [1.54, 1.807) is 0 Å². The van der Waals surface area contributed by atoms with Gasteiger partial charge >= 0.3 is 0 Å². The molecular weight excluding hydrogens is 703 g/mol. The maximum absolute atomic E-state index is 6.66. The van der Waals surface area contributed by atoms with Gasteiger partial charge in [-0.25, -0.2) is 0 Å². The summed E-state index contributed by atoms with van der Waals surface area (Å²) in [5.74, 6) is 1.73. The van der Waals surface area contributed by atoms with Crippen LogP contribution >= 0.6 is 0 Å². The number of anilines is 3. The lowest BCUT2D eigenvalue weighted by atomic mass is 9.63. The van der Waals surface area contributed by atoms with Gasteiger partial charge in [0, 0.05) is 22.5 Å². The highest BCUT2D eigenvalue weighted by Gasteiger charge is 2.48. The Morgan fingerprint density at radius 1 is 0.293 bits per heavy atom. The summed E-state index contributed by atoms with van der Waals surface area (Å²) in [6.45, 7) is 0. The first-order valence-electron chi connectivity index (χ1n) is 20.0. The van der Waals surface area contributed by atoms with Crippen LogP contribution in [0.5, 0.6) is 11.5 Å². The van der Waals surface area contributed by atoms with Crippen molar-refractivity contribution in [3.8, 4) is 22.6 Å². The first-order valence-corrected chi connectivity index (χ1v) is 20.0. The molecular formula is C56H39NO. The second kappa shape index (κ2) is 13.7. The highest BCUT2D eigenvalue weighted by molar-refractivity contribution is 5.90. The third-order valence-electron chi connectivity index (χ3n) is 12.3. The van der Waals surface area contributed by atoms with Gasteiger partial charge in [-0.2, -0.15) is 0 Å². The Balaban J connectivity index is 1.21. The summed E-state index contributed by atoms with van der Waals surface area (Å²) in [5, 5.41) is 0. The van der Waals surface area contributed by atoms with E-state index in [2.05, 4.69) is 241 Å². The van der Waals surface area contributed by atoms with Crippen molar-refractivity contribution in [2.24, 2.45) is 0 Å². The largest absolute Gasteiger partial charge is 0.457 e. The first-order chi connectivity index (χ1) is 28.8. The minimum Gasteiger partial charge on any atom is -0.457 e. The molecule has 9 aromatic rings. The van der Waals surface area contributed by atoms with Crippen molar-refractivity contribution in [3.05, 3.63) is 281 Å². The van der Waals surface area contributed by atoms with E-state index < -0.39 is 10.8 Å². The minimum atomic E-state index is -0.654. The van der Waals surface area contributed by atoms with E-state index in [-0.39, 0.29) is 0 Å². The molecule has 1 aliphatic carbocycles. The van der Waals surface area contributed by atoms with Gasteiger partial charge in [0.2, 0.25) is 0 Å². The zero-order valence-corrected chi connectivity index (χ0v) is 31.9. The van der Waals surface area contributed by atoms with E-state index >= 15 is 0 Å². The van der Waals surface area contributed by atoms with Crippen LogP contribution in [-0.2, 0) is 10.8 Å². The van der Waals surface area contributed by atoms with Crippen LogP contribution in [0.3, 0.4) is 0 Å². The lowest BCUT2D eigenvalue weighted by Gasteiger charge is -2.42. The van der Waals surface area contributed by atoms with Crippen molar-refractivity contribution in [3.63, 3.8) is 0 Å². The third-order valence-corrected chi connectivity index (χ3v) is 12.3. The Bertz CT molecular complexity index is 2840. The number of hydrogen-bond donors (Lipinski definition) is 0. The summed E-state index contributed by atoms with van der Waals surface area (Å²) in [6, 6.07) is 86.0. The zero-order chi connectivity index (χ0) is 38.5. The summed E-state index contributed by atoms with van der Waals surface area (Å²) in [7, 11) is 0. The van der Waals surface area contributed by atoms with Crippen LogP contribution in [0.25, 0.3) is 11.1 Å². The van der Waals surface area contributed by atoms with Crippen LogP contribution in [0.1, 0.15) is 44.5 Å². The van der Waals surface area contributed by atoms with Gasteiger partial charge in [-0.05, 0) is 87.0 Å². The maximum Gasteiger partial charge on any atom is 0.132 e. The molecule has 0 bridgehead atoms. The molecule has 11 rings (SSSR count). The molecule has 0 atom stereocenters. The van der Waals surface area contributed by atoms with E-state index in [0.29, 0.717) is 0 Å². The molecule has 0 amide bonds. The topological polar surface area (TPSA) is 12.5 Å². The smallest absolute Gasteiger partial charge is 0.132 e. The van der Waals surface area contributed by atoms with Crippen molar-refractivity contribution in [2.75, 3.05) is 4.90 Å². The van der Waals surface area contributed by atoms with Gasteiger partial charge in [0.25, 0.3) is 0 Å². The molecule has 0 N–H and O–H groups in total. The molecule has 0 saturated carbocycles. The van der Waals surface area contributed by atoms with E-state index in [1.165, 1.54) is 38.9 Å². The average Bonchev–Trinajstić information content (AvgIpc) is 3.60. The summed E-state index contributed by atoms with van der Waals surface area (Å²) in [5.41, 5.74) is 14.2. The molecule has 1 heterocycles. The highest BCUT2D eigenvalue weighted by Crippen LogP contribution is 2.59. The molecule has 2 nitrogen and oxygen atoms in total. The van der Waals surface area contributed by atoms with E-state index in [0.717, 1.165) is 45.3 Å². The summed E-state index contributed by atoms with van der Waals surface area (Å²) in [6.07, 6.45) is 0. The standard InChI is InChI=1S/C56H39NO/c1-4-21-40(22-5-1)55(50-34-15-18-37-53(50)58-54-38-19-16-35-51(54)55)42-25-20-28-44(39-42)57(43-26-8-3-9-27-43)52-36-17-14-33-49(52)56(41-23-6-2-7-24-41)47-31-12-10-29-45(47)46-30-11-13-32-48(46)56/h1-39H. The maximum atomic E-state index is 6.66. The van der Waals surface area contributed by atoms with Crippen molar-refractivity contribution in [2.45, 2.75) is 10.8 Å². The van der Waals surface area contributed by atoms with Crippen LogP contribution in [-0.4, -0.2) is 0 Å². The van der Waals surface area contributed by atoms with Gasteiger partial charge in [-0.3, -0.25) is 0 Å². The lowest BCUT2D eigenvalue weighted by molar-refractivity contribution is 0.434. The molecule has 0 radical (unpaired) electrons. The Hall–Kier alpha value is -7.42. The Morgan fingerprint density at radius 3 is 1.29 bits per heavy atom. The number of hydrogen-bond acceptors (Lipinski definition) is 2. The number of fused-ring (bicyclic) bond motifs is 5. The molecule has 0 saturated heterocycles. The van der Waals surface area contributed by atoms with Crippen LogP contribution < -0.4 is 9.64 Å². The summed E-state index contributed by atoms with van der Waals surface area (Å²) < 4.78 is 6.66. The van der Waals surface area contributed by atoms with Crippen molar-refractivity contribution >= 4 is 17.1 Å². The number of rotatable bonds is 7. The number of nitrogens with zero attached hydrogens (tertiary/aromatic N) is 1. The summed E-state index contributed by atoms with van der Waals surface area (Å²) >= 11 is 0.